The van der Waals surface area contributed by atoms with E-state index in [4.69, 9.17) is 18.9 Å². The summed E-state index contributed by atoms with van der Waals surface area (Å²) in [6.45, 7) is 4.07. The summed E-state index contributed by atoms with van der Waals surface area (Å²) in [5.74, 6) is -0.972. The van der Waals surface area contributed by atoms with Gasteiger partial charge in [-0.15, -0.1) is 0 Å². The lowest BCUT2D eigenvalue weighted by molar-refractivity contribution is -0.137. The number of halogens is 1. The molecule has 0 aliphatic heterocycles. The number of unbranched alkanes of at least 4 members (excludes halogenated alkanes) is 1. The number of carbonyl (C=O) groups excluding carboxylic acids is 3. The van der Waals surface area contributed by atoms with E-state index in [2.05, 4.69) is 6.58 Å². The van der Waals surface area contributed by atoms with E-state index in [1.807, 2.05) is 0 Å². The van der Waals surface area contributed by atoms with Gasteiger partial charge in [0.1, 0.15) is 23.1 Å². The van der Waals surface area contributed by atoms with Gasteiger partial charge in [-0.25, -0.2) is 18.8 Å². The van der Waals surface area contributed by atoms with Gasteiger partial charge in [-0.3, -0.25) is 0 Å². The molecule has 0 unspecified atom stereocenters. The van der Waals surface area contributed by atoms with Gasteiger partial charge in [0.05, 0.1) is 24.3 Å². The fraction of sp³-hybridized carbons (Fsp3) is 0.148. The molecule has 0 atom stereocenters. The van der Waals surface area contributed by atoms with Crippen LogP contribution in [-0.4, -0.2) is 31.1 Å². The van der Waals surface area contributed by atoms with Crippen molar-refractivity contribution in [2.75, 3.05) is 13.2 Å². The summed E-state index contributed by atoms with van der Waals surface area (Å²) < 4.78 is 34.0. The Balaban J connectivity index is 1.43. The minimum Gasteiger partial charge on any atom is -0.494 e. The van der Waals surface area contributed by atoms with Crippen molar-refractivity contribution in [2.24, 2.45) is 0 Å². The number of hydrogen-bond donors (Lipinski definition) is 0. The first-order valence-corrected chi connectivity index (χ1v) is 10.8. The van der Waals surface area contributed by atoms with Gasteiger partial charge in [0.25, 0.3) is 0 Å². The van der Waals surface area contributed by atoms with Crippen molar-refractivity contribution in [2.45, 2.75) is 12.8 Å². The van der Waals surface area contributed by atoms with Crippen LogP contribution in [-0.2, 0) is 9.53 Å². The number of benzene rings is 3. The molecule has 35 heavy (non-hydrogen) atoms. The number of esters is 3. The van der Waals surface area contributed by atoms with Crippen LogP contribution in [0.25, 0.3) is 0 Å². The first kappa shape index (κ1) is 25.2. The molecule has 180 valence electrons. The maximum Gasteiger partial charge on any atom is 0.343 e. The SMILES string of the molecule is C=CC(=O)OCCCCOc1ccc(C(=O)Oc2ccc(OC(=O)c3ccc(F)cc3)cc2)cc1. The highest BCUT2D eigenvalue weighted by molar-refractivity contribution is 5.92. The monoisotopic (exact) mass is 478 g/mol. The van der Waals surface area contributed by atoms with Gasteiger partial charge in [0, 0.05) is 6.08 Å². The van der Waals surface area contributed by atoms with Crippen LogP contribution in [0.3, 0.4) is 0 Å². The third-order valence-electron chi connectivity index (χ3n) is 4.63. The van der Waals surface area contributed by atoms with Crippen molar-refractivity contribution < 1.29 is 37.7 Å². The lowest BCUT2D eigenvalue weighted by Crippen LogP contribution is -2.09. The lowest BCUT2D eigenvalue weighted by atomic mass is 10.2. The van der Waals surface area contributed by atoms with Crippen molar-refractivity contribution in [1.29, 1.82) is 0 Å². The summed E-state index contributed by atoms with van der Waals surface area (Å²) in [6.07, 6.45) is 2.48. The second-order valence-corrected chi connectivity index (χ2v) is 7.21. The highest BCUT2D eigenvalue weighted by atomic mass is 19.1. The van der Waals surface area contributed by atoms with Gasteiger partial charge in [0.15, 0.2) is 0 Å². The molecule has 0 fully saturated rings. The summed E-state index contributed by atoms with van der Waals surface area (Å²) in [6, 6.07) is 17.4. The molecule has 0 bridgehead atoms. The van der Waals surface area contributed by atoms with Crippen molar-refractivity contribution in [1.82, 2.24) is 0 Å². The summed E-state index contributed by atoms with van der Waals surface area (Å²) in [5, 5.41) is 0. The Labute approximate surface area is 201 Å². The van der Waals surface area contributed by atoms with Crippen LogP contribution in [0, 0.1) is 5.82 Å². The smallest absolute Gasteiger partial charge is 0.343 e. The molecule has 0 aromatic heterocycles. The molecule has 0 amide bonds. The maximum atomic E-state index is 13.0. The summed E-state index contributed by atoms with van der Waals surface area (Å²) in [4.78, 5) is 35.4. The predicted octanol–water partition coefficient (Wildman–Crippen LogP) is 5.15. The average Bonchev–Trinajstić information content (AvgIpc) is 2.87. The third kappa shape index (κ3) is 8.12. The minimum atomic E-state index is -0.631. The first-order chi connectivity index (χ1) is 16.9. The fourth-order valence-electron chi connectivity index (χ4n) is 2.81. The second kappa shape index (κ2) is 12.7. The number of hydrogen-bond acceptors (Lipinski definition) is 7. The standard InChI is InChI=1S/C27H23FO7/c1-2-25(29)33-18-4-3-17-32-22-11-7-20(8-12-22)27(31)35-24-15-13-23(14-16-24)34-26(30)19-5-9-21(28)10-6-19/h2,5-16H,1,3-4,17-18H2. The van der Waals surface area contributed by atoms with Crippen LogP contribution >= 0.6 is 0 Å². The van der Waals surface area contributed by atoms with Crippen LogP contribution in [0.4, 0.5) is 4.39 Å². The Morgan fingerprint density at radius 3 is 1.66 bits per heavy atom. The molecule has 0 saturated heterocycles. The van der Waals surface area contributed by atoms with E-state index < -0.39 is 23.7 Å². The lowest BCUT2D eigenvalue weighted by Gasteiger charge is -2.08. The van der Waals surface area contributed by atoms with Gasteiger partial charge in [-0.05, 0) is 85.6 Å². The van der Waals surface area contributed by atoms with E-state index in [1.54, 1.807) is 24.3 Å². The molecule has 3 rings (SSSR count). The van der Waals surface area contributed by atoms with Gasteiger partial charge >= 0.3 is 17.9 Å². The number of rotatable bonds is 11. The molecule has 0 aliphatic carbocycles. The van der Waals surface area contributed by atoms with E-state index in [9.17, 15) is 18.8 Å². The fourth-order valence-corrected chi connectivity index (χ4v) is 2.81. The average molecular weight is 478 g/mol. The quantitative estimate of drug-likeness (QED) is 0.163. The Bertz CT molecular complexity index is 1150. The molecule has 0 spiro atoms. The van der Waals surface area contributed by atoms with Crippen molar-refractivity contribution in [3.63, 3.8) is 0 Å². The van der Waals surface area contributed by atoms with E-state index in [0.717, 1.165) is 6.08 Å². The van der Waals surface area contributed by atoms with Crippen LogP contribution in [0.2, 0.25) is 0 Å². The number of ether oxygens (including phenoxy) is 4. The third-order valence-corrected chi connectivity index (χ3v) is 4.63. The summed E-state index contributed by atoms with van der Waals surface area (Å²) in [5.41, 5.74) is 0.545. The first-order valence-electron chi connectivity index (χ1n) is 10.8. The molecule has 0 heterocycles. The van der Waals surface area contributed by atoms with E-state index in [0.29, 0.717) is 37.4 Å². The molecule has 3 aromatic rings. The zero-order chi connectivity index (χ0) is 25.0. The van der Waals surface area contributed by atoms with Crippen LogP contribution < -0.4 is 14.2 Å². The van der Waals surface area contributed by atoms with Gasteiger partial charge in [-0.1, -0.05) is 6.58 Å². The van der Waals surface area contributed by atoms with Crippen LogP contribution in [0.5, 0.6) is 17.2 Å². The maximum absolute atomic E-state index is 13.0. The molecule has 0 aliphatic rings. The van der Waals surface area contributed by atoms with Crippen LogP contribution in [0.1, 0.15) is 33.6 Å². The molecule has 8 heteroatoms. The second-order valence-electron chi connectivity index (χ2n) is 7.21. The van der Waals surface area contributed by atoms with Crippen molar-refractivity contribution in [3.05, 3.63) is 102 Å². The zero-order valence-corrected chi connectivity index (χ0v) is 18.8. The molecular weight excluding hydrogens is 455 g/mol. The van der Waals surface area contributed by atoms with Gasteiger partial charge in [0.2, 0.25) is 0 Å². The molecule has 3 aromatic carbocycles. The van der Waals surface area contributed by atoms with Gasteiger partial charge in [-0.2, -0.15) is 0 Å². The Morgan fingerprint density at radius 1 is 0.686 bits per heavy atom. The molecule has 0 N–H and O–H groups in total. The molecule has 0 radical (unpaired) electrons. The molecule has 7 nitrogen and oxygen atoms in total. The van der Waals surface area contributed by atoms with Crippen molar-refractivity contribution >= 4 is 17.9 Å². The Kier molecular flexibility index (Phi) is 9.13. The van der Waals surface area contributed by atoms with E-state index >= 15 is 0 Å². The summed E-state index contributed by atoms with van der Waals surface area (Å²) in [7, 11) is 0. The molecule has 0 saturated carbocycles. The minimum absolute atomic E-state index is 0.211. The van der Waals surface area contributed by atoms with E-state index in [-0.39, 0.29) is 17.1 Å². The Morgan fingerprint density at radius 2 is 1.14 bits per heavy atom. The van der Waals surface area contributed by atoms with Gasteiger partial charge < -0.3 is 18.9 Å². The normalized spacial score (nSPS) is 10.2. The highest BCUT2D eigenvalue weighted by Gasteiger charge is 2.11. The van der Waals surface area contributed by atoms with Crippen molar-refractivity contribution in [3.8, 4) is 17.2 Å². The van der Waals surface area contributed by atoms with Crippen LogP contribution in [0.15, 0.2) is 85.5 Å². The zero-order valence-electron chi connectivity index (χ0n) is 18.8. The Hall–Kier alpha value is -4.46. The van der Waals surface area contributed by atoms with E-state index in [1.165, 1.54) is 48.5 Å². The predicted molar refractivity (Wildman–Crippen MR) is 125 cm³/mol. The molecular formula is C27H23FO7. The number of carbonyl (C=O) groups is 3. The topological polar surface area (TPSA) is 88.1 Å². The highest BCUT2D eigenvalue weighted by Crippen LogP contribution is 2.21. The summed E-state index contributed by atoms with van der Waals surface area (Å²) >= 11 is 0. The largest absolute Gasteiger partial charge is 0.494 e.